The minimum atomic E-state index is 0.367. The zero-order valence-electron chi connectivity index (χ0n) is 19.3. The fourth-order valence-corrected chi connectivity index (χ4v) is 5.73. The van der Waals surface area contributed by atoms with Crippen LogP contribution in [-0.2, 0) is 12.8 Å². The fourth-order valence-electron chi connectivity index (χ4n) is 5.73. The lowest BCUT2D eigenvalue weighted by Gasteiger charge is -2.20. The van der Waals surface area contributed by atoms with Gasteiger partial charge in [0.05, 0.1) is 5.52 Å². The van der Waals surface area contributed by atoms with Gasteiger partial charge in [0, 0.05) is 44.5 Å². The quantitative estimate of drug-likeness (QED) is 0.288. The standard InChI is InChI=1S/C32H26N2/c1-2-21-8-7-9-24(18-21)34-31-13-6-4-11-26(31)28-20-23(15-17-32(28)34)22-14-16-30-27(19-22)25-10-3-5-12-29(25)33-30/h3-19,23,33H,2,20H2,1H3. The predicted octanol–water partition coefficient (Wildman–Crippen LogP) is 8.18. The molecule has 0 saturated carbocycles. The van der Waals surface area contributed by atoms with Gasteiger partial charge in [0.1, 0.15) is 0 Å². The Balaban J connectivity index is 1.37. The highest BCUT2D eigenvalue weighted by Gasteiger charge is 2.24. The van der Waals surface area contributed by atoms with Crippen LogP contribution >= 0.6 is 0 Å². The molecule has 4 aromatic carbocycles. The van der Waals surface area contributed by atoms with Gasteiger partial charge in [-0.2, -0.15) is 0 Å². The largest absolute Gasteiger partial charge is 0.355 e. The van der Waals surface area contributed by atoms with Crippen LogP contribution < -0.4 is 0 Å². The Kier molecular flexibility index (Phi) is 4.28. The van der Waals surface area contributed by atoms with Crippen molar-refractivity contribution in [3.8, 4) is 5.69 Å². The van der Waals surface area contributed by atoms with Crippen LogP contribution in [0.3, 0.4) is 0 Å². The fraction of sp³-hybridized carbons (Fsp3) is 0.125. The van der Waals surface area contributed by atoms with Crippen molar-refractivity contribution in [2.24, 2.45) is 0 Å². The van der Waals surface area contributed by atoms with E-state index in [0.717, 1.165) is 12.8 Å². The minimum absolute atomic E-state index is 0.367. The van der Waals surface area contributed by atoms with Gasteiger partial charge in [0.15, 0.2) is 0 Å². The normalized spacial score (nSPS) is 15.4. The van der Waals surface area contributed by atoms with E-state index in [1.165, 1.54) is 60.8 Å². The summed E-state index contributed by atoms with van der Waals surface area (Å²) in [4.78, 5) is 3.56. The molecule has 2 nitrogen and oxygen atoms in total. The van der Waals surface area contributed by atoms with Crippen LogP contribution in [-0.4, -0.2) is 9.55 Å². The molecule has 0 saturated heterocycles. The molecule has 2 heterocycles. The van der Waals surface area contributed by atoms with E-state index in [0.29, 0.717) is 5.92 Å². The summed E-state index contributed by atoms with van der Waals surface area (Å²) < 4.78 is 2.44. The van der Waals surface area contributed by atoms with Crippen molar-refractivity contribution in [3.05, 3.63) is 119 Å². The lowest BCUT2D eigenvalue weighted by molar-refractivity contribution is 0.826. The van der Waals surface area contributed by atoms with Gasteiger partial charge in [0.25, 0.3) is 0 Å². The summed E-state index contributed by atoms with van der Waals surface area (Å²) in [6.07, 6.45) is 6.81. The van der Waals surface area contributed by atoms with E-state index in [2.05, 4.69) is 120 Å². The number of aromatic nitrogens is 2. The third kappa shape index (κ3) is 2.88. The van der Waals surface area contributed by atoms with Gasteiger partial charge in [-0.25, -0.2) is 0 Å². The first kappa shape index (κ1) is 19.4. The highest BCUT2D eigenvalue weighted by molar-refractivity contribution is 6.07. The van der Waals surface area contributed by atoms with Gasteiger partial charge in [-0.3, -0.25) is 0 Å². The van der Waals surface area contributed by atoms with Crippen molar-refractivity contribution >= 4 is 38.8 Å². The second-order valence-electron chi connectivity index (χ2n) is 9.39. The third-order valence-corrected chi connectivity index (χ3v) is 7.47. The number of allylic oxidation sites excluding steroid dienone is 1. The maximum atomic E-state index is 3.56. The molecule has 0 bridgehead atoms. The molecule has 1 N–H and O–H groups in total. The van der Waals surface area contributed by atoms with E-state index in [9.17, 15) is 0 Å². The second kappa shape index (κ2) is 7.50. The van der Waals surface area contributed by atoms with Gasteiger partial charge in [-0.1, -0.05) is 67.6 Å². The lowest BCUT2D eigenvalue weighted by atomic mass is 9.86. The average molecular weight is 439 g/mol. The molecule has 1 unspecified atom stereocenters. The van der Waals surface area contributed by atoms with E-state index < -0.39 is 0 Å². The SMILES string of the molecule is CCc1cccc(-n2c3c(c4ccccc42)CC(c2ccc4[nH]c5ccccc5c4c2)C=C3)c1. The molecule has 0 aliphatic heterocycles. The Bertz CT molecular complexity index is 1730. The number of H-pyrrole nitrogens is 1. The van der Waals surface area contributed by atoms with E-state index in [-0.39, 0.29) is 0 Å². The zero-order chi connectivity index (χ0) is 22.6. The monoisotopic (exact) mass is 438 g/mol. The van der Waals surface area contributed by atoms with Gasteiger partial charge in [0.2, 0.25) is 0 Å². The molecule has 164 valence electrons. The molecule has 1 aliphatic carbocycles. The summed E-state index contributed by atoms with van der Waals surface area (Å²) in [5.74, 6) is 0.367. The number of benzene rings is 4. The molecule has 34 heavy (non-hydrogen) atoms. The number of rotatable bonds is 3. The summed E-state index contributed by atoms with van der Waals surface area (Å²) in [6.45, 7) is 2.22. The Morgan fingerprint density at radius 2 is 1.62 bits per heavy atom. The van der Waals surface area contributed by atoms with E-state index in [4.69, 9.17) is 0 Å². The Morgan fingerprint density at radius 1 is 0.794 bits per heavy atom. The Labute approximate surface area is 199 Å². The van der Waals surface area contributed by atoms with E-state index >= 15 is 0 Å². The Hall–Kier alpha value is -4.04. The number of aromatic amines is 1. The highest BCUT2D eigenvalue weighted by atomic mass is 15.0. The maximum Gasteiger partial charge on any atom is 0.0537 e. The van der Waals surface area contributed by atoms with Crippen LogP contribution in [0.5, 0.6) is 0 Å². The van der Waals surface area contributed by atoms with Crippen molar-refractivity contribution in [1.82, 2.24) is 9.55 Å². The van der Waals surface area contributed by atoms with E-state index in [1.807, 2.05) is 0 Å². The topological polar surface area (TPSA) is 20.7 Å². The second-order valence-corrected chi connectivity index (χ2v) is 9.39. The van der Waals surface area contributed by atoms with Crippen molar-refractivity contribution in [3.63, 3.8) is 0 Å². The first-order valence-electron chi connectivity index (χ1n) is 12.2. The van der Waals surface area contributed by atoms with Crippen molar-refractivity contribution in [2.45, 2.75) is 25.7 Å². The summed E-state index contributed by atoms with van der Waals surface area (Å²) in [7, 11) is 0. The summed E-state index contributed by atoms with van der Waals surface area (Å²) in [5.41, 5.74) is 10.5. The molecule has 0 spiro atoms. The highest BCUT2D eigenvalue weighted by Crippen LogP contribution is 2.39. The first-order valence-corrected chi connectivity index (χ1v) is 12.2. The number of fused-ring (bicyclic) bond motifs is 6. The molecule has 0 radical (unpaired) electrons. The third-order valence-electron chi connectivity index (χ3n) is 7.47. The maximum absolute atomic E-state index is 3.56. The molecule has 1 aliphatic rings. The van der Waals surface area contributed by atoms with Gasteiger partial charge in [-0.05, 0) is 72.0 Å². The van der Waals surface area contributed by atoms with Gasteiger partial charge >= 0.3 is 0 Å². The van der Waals surface area contributed by atoms with Crippen molar-refractivity contribution < 1.29 is 0 Å². The molecular weight excluding hydrogens is 412 g/mol. The van der Waals surface area contributed by atoms with Gasteiger partial charge < -0.3 is 9.55 Å². The van der Waals surface area contributed by atoms with Crippen molar-refractivity contribution in [1.29, 1.82) is 0 Å². The summed E-state index contributed by atoms with van der Waals surface area (Å²) in [6, 6.07) is 33.3. The first-order chi connectivity index (χ1) is 16.8. The number of hydrogen-bond donors (Lipinski definition) is 1. The predicted molar refractivity (Wildman–Crippen MR) is 144 cm³/mol. The van der Waals surface area contributed by atoms with Crippen LogP contribution in [0.4, 0.5) is 0 Å². The number of nitrogens with one attached hydrogen (secondary N) is 1. The molecule has 0 fully saturated rings. The molecule has 6 aromatic rings. The van der Waals surface area contributed by atoms with Crippen LogP contribution in [0, 0.1) is 0 Å². The molecule has 0 amide bonds. The molecular formula is C32H26N2. The minimum Gasteiger partial charge on any atom is -0.355 e. The number of aryl methyl sites for hydroxylation is 1. The van der Waals surface area contributed by atoms with E-state index in [1.54, 1.807) is 0 Å². The van der Waals surface area contributed by atoms with Gasteiger partial charge in [-0.15, -0.1) is 0 Å². The lowest BCUT2D eigenvalue weighted by Crippen LogP contribution is -2.07. The summed E-state index contributed by atoms with van der Waals surface area (Å²) >= 11 is 0. The van der Waals surface area contributed by atoms with Crippen molar-refractivity contribution in [2.75, 3.05) is 0 Å². The van der Waals surface area contributed by atoms with Crippen LogP contribution in [0.2, 0.25) is 0 Å². The van der Waals surface area contributed by atoms with Crippen LogP contribution in [0.15, 0.2) is 97.1 Å². The van der Waals surface area contributed by atoms with Crippen LogP contribution in [0.25, 0.3) is 44.5 Å². The number of nitrogens with zero attached hydrogens (tertiary/aromatic N) is 1. The van der Waals surface area contributed by atoms with Crippen LogP contribution in [0.1, 0.15) is 35.2 Å². The zero-order valence-corrected chi connectivity index (χ0v) is 19.3. The molecule has 2 heteroatoms. The Morgan fingerprint density at radius 3 is 2.53 bits per heavy atom. The molecule has 2 aromatic heterocycles. The molecule has 1 atom stereocenters. The number of para-hydroxylation sites is 2. The number of hydrogen-bond acceptors (Lipinski definition) is 0. The smallest absolute Gasteiger partial charge is 0.0537 e. The average Bonchev–Trinajstić information content (AvgIpc) is 3.43. The summed E-state index contributed by atoms with van der Waals surface area (Å²) in [5, 5.41) is 3.97. The molecule has 7 rings (SSSR count).